The number of methoxy groups -OCH3 is 2. The fourth-order valence-corrected chi connectivity index (χ4v) is 5.33. The highest BCUT2D eigenvalue weighted by Gasteiger charge is 2.30. The first kappa shape index (κ1) is 24.2. The summed E-state index contributed by atoms with van der Waals surface area (Å²) in [5, 5.41) is 3.08. The van der Waals surface area contributed by atoms with Crippen molar-refractivity contribution in [3.63, 3.8) is 0 Å². The Balaban J connectivity index is 1.34. The lowest BCUT2D eigenvalue weighted by molar-refractivity contribution is -0.126. The van der Waals surface area contributed by atoms with E-state index in [2.05, 4.69) is 19.8 Å². The third-order valence-electron chi connectivity index (χ3n) is 6.37. The van der Waals surface area contributed by atoms with Gasteiger partial charge in [-0.15, -0.1) is 11.3 Å². The number of aromatic amines is 1. The number of amides is 1. The molecule has 1 aliphatic heterocycles. The summed E-state index contributed by atoms with van der Waals surface area (Å²) in [4.78, 5) is 43.5. The lowest BCUT2D eigenvalue weighted by atomic mass is 10.0. The van der Waals surface area contributed by atoms with Crippen LogP contribution in [0.15, 0.2) is 53.7 Å². The van der Waals surface area contributed by atoms with Crippen molar-refractivity contribution < 1.29 is 19.1 Å². The predicted octanol–water partition coefficient (Wildman–Crippen LogP) is 4.84. The molecule has 0 unspecified atom stereocenters. The number of Topliss-reactive ketones (excluding diaryl/α,β-unsaturated/α-hetero) is 1. The van der Waals surface area contributed by atoms with Crippen molar-refractivity contribution in [2.45, 2.75) is 12.8 Å². The van der Waals surface area contributed by atoms with E-state index in [0.29, 0.717) is 59.2 Å². The molecule has 3 aromatic heterocycles. The zero-order chi connectivity index (χ0) is 25.9. The van der Waals surface area contributed by atoms with Crippen molar-refractivity contribution in [3.05, 3.63) is 75.7 Å². The van der Waals surface area contributed by atoms with Crippen LogP contribution in [0, 0.1) is 6.57 Å². The molecule has 4 aromatic rings. The molecule has 0 saturated carbocycles. The van der Waals surface area contributed by atoms with Crippen LogP contribution in [0.5, 0.6) is 11.6 Å². The largest absolute Gasteiger partial charge is 0.494 e. The molecule has 1 fully saturated rings. The van der Waals surface area contributed by atoms with E-state index in [1.165, 1.54) is 42.8 Å². The van der Waals surface area contributed by atoms with E-state index in [1.807, 2.05) is 35.7 Å². The van der Waals surface area contributed by atoms with E-state index in [1.54, 1.807) is 0 Å². The molecule has 1 amide bonds. The number of piperidine rings is 1. The van der Waals surface area contributed by atoms with Crippen LogP contribution in [-0.2, 0) is 4.79 Å². The van der Waals surface area contributed by atoms with Crippen LogP contribution >= 0.6 is 11.3 Å². The van der Waals surface area contributed by atoms with Crippen molar-refractivity contribution in [2.24, 2.45) is 0 Å². The molecule has 186 valence electrons. The molecule has 1 aromatic carbocycles. The Morgan fingerprint density at radius 3 is 2.57 bits per heavy atom. The SMILES string of the molecule is [C-]#[N+]C(=C1CCN(C(=O)C(=O)c2c[nH]c3c(OC)ncc(OC)c23)CC1)c1nc(-c2ccccc2)cs1. The number of carbonyl (C=O) groups is 2. The van der Waals surface area contributed by atoms with Crippen molar-refractivity contribution in [2.75, 3.05) is 27.3 Å². The number of H-pyrrole nitrogens is 1. The van der Waals surface area contributed by atoms with E-state index in [4.69, 9.17) is 16.0 Å². The lowest BCUT2D eigenvalue weighted by Crippen LogP contribution is -2.40. The Hall–Kier alpha value is -4.49. The third-order valence-corrected chi connectivity index (χ3v) is 7.22. The second-order valence-corrected chi connectivity index (χ2v) is 9.24. The Labute approximate surface area is 217 Å². The highest BCUT2D eigenvalue weighted by molar-refractivity contribution is 7.11. The zero-order valence-electron chi connectivity index (χ0n) is 20.3. The molecule has 0 aliphatic carbocycles. The number of likely N-dealkylation sites (tertiary alicyclic amines) is 1. The molecule has 0 atom stereocenters. The standard InChI is InChI=1S/C27H23N5O4S/c1-28-22(26-31-19(15-37-26)16-7-5-4-6-8-16)17-9-11-32(12-10-17)27(34)24(33)18-13-29-23-21(18)20(35-2)14-30-25(23)36-3/h4-8,13-15,29H,9-12H2,2-3H3. The molecule has 4 heterocycles. The molecular weight excluding hydrogens is 490 g/mol. The minimum atomic E-state index is -0.636. The topological polar surface area (TPSA) is 102 Å². The summed E-state index contributed by atoms with van der Waals surface area (Å²) in [6.45, 7) is 8.46. The fourth-order valence-electron chi connectivity index (χ4n) is 4.46. The van der Waals surface area contributed by atoms with Crippen LogP contribution in [-0.4, -0.2) is 58.9 Å². The van der Waals surface area contributed by atoms with Crippen molar-refractivity contribution in [1.82, 2.24) is 19.9 Å². The van der Waals surface area contributed by atoms with Gasteiger partial charge in [-0.3, -0.25) is 9.59 Å². The molecule has 0 spiro atoms. The molecular formula is C27H23N5O4S. The number of nitrogens with one attached hydrogen (secondary N) is 1. The van der Waals surface area contributed by atoms with Crippen molar-refractivity contribution >= 4 is 39.6 Å². The van der Waals surface area contributed by atoms with Gasteiger partial charge in [0.2, 0.25) is 11.6 Å². The Morgan fingerprint density at radius 1 is 1.14 bits per heavy atom. The van der Waals surface area contributed by atoms with E-state index < -0.39 is 11.7 Å². The molecule has 1 N–H and O–H groups in total. The van der Waals surface area contributed by atoms with Gasteiger partial charge in [-0.2, -0.15) is 0 Å². The number of ketones is 1. The van der Waals surface area contributed by atoms with Crippen LogP contribution in [0.1, 0.15) is 28.2 Å². The summed E-state index contributed by atoms with van der Waals surface area (Å²) in [7, 11) is 2.96. The smallest absolute Gasteiger partial charge is 0.295 e. The number of pyridine rings is 1. The molecule has 5 rings (SSSR count). The van der Waals surface area contributed by atoms with Gasteiger partial charge in [-0.1, -0.05) is 35.9 Å². The van der Waals surface area contributed by atoms with Gasteiger partial charge in [0.25, 0.3) is 11.7 Å². The number of rotatable bonds is 6. The number of thiazole rings is 1. The summed E-state index contributed by atoms with van der Waals surface area (Å²) in [6.07, 6.45) is 3.95. The molecule has 0 bridgehead atoms. The minimum absolute atomic E-state index is 0.206. The van der Waals surface area contributed by atoms with Crippen LogP contribution in [0.25, 0.3) is 32.7 Å². The maximum Gasteiger partial charge on any atom is 0.295 e. The average molecular weight is 514 g/mol. The number of aromatic nitrogens is 3. The number of hydrogen-bond donors (Lipinski definition) is 1. The van der Waals surface area contributed by atoms with E-state index in [0.717, 1.165) is 16.8 Å². The maximum atomic E-state index is 13.2. The first-order valence-electron chi connectivity index (χ1n) is 11.6. The maximum absolute atomic E-state index is 13.2. The number of fused-ring (bicyclic) bond motifs is 1. The second-order valence-electron chi connectivity index (χ2n) is 8.38. The lowest BCUT2D eigenvalue weighted by Gasteiger charge is -2.28. The number of benzene rings is 1. The third kappa shape index (κ3) is 4.45. The first-order chi connectivity index (χ1) is 18.0. The normalized spacial score (nSPS) is 13.3. The van der Waals surface area contributed by atoms with Gasteiger partial charge < -0.3 is 19.4 Å². The van der Waals surface area contributed by atoms with Gasteiger partial charge in [0.05, 0.1) is 43.6 Å². The Bertz CT molecular complexity index is 1550. The summed E-state index contributed by atoms with van der Waals surface area (Å²) < 4.78 is 10.6. The molecule has 1 aliphatic rings. The Kier molecular flexibility index (Phi) is 6.70. The molecule has 37 heavy (non-hydrogen) atoms. The quantitative estimate of drug-likeness (QED) is 0.225. The van der Waals surface area contributed by atoms with E-state index in [-0.39, 0.29) is 5.56 Å². The summed E-state index contributed by atoms with van der Waals surface area (Å²) >= 11 is 1.44. The van der Waals surface area contributed by atoms with E-state index >= 15 is 0 Å². The predicted molar refractivity (Wildman–Crippen MR) is 140 cm³/mol. The van der Waals surface area contributed by atoms with Crippen molar-refractivity contribution in [3.8, 4) is 22.9 Å². The number of hydrogen-bond acceptors (Lipinski definition) is 7. The average Bonchev–Trinajstić information content (AvgIpc) is 3.62. The van der Waals surface area contributed by atoms with Crippen LogP contribution in [0.4, 0.5) is 0 Å². The monoisotopic (exact) mass is 513 g/mol. The molecule has 0 radical (unpaired) electrons. The van der Waals surface area contributed by atoms with Gasteiger partial charge in [-0.25, -0.2) is 14.8 Å². The number of ether oxygens (including phenoxy) is 2. The van der Waals surface area contributed by atoms with Crippen LogP contribution in [0.3, 0.4) is 0 Å². The molecule has 1 saturated heterocycles. The van der Waals surface area contributed by atoms with E-state index in [9.17, 15) is 9.59 Å². The van der Waals surface area contributed by atoms with Gasteiger partial charge in [-0.05, 0) is 12.8 Å². The summed E-state index contributed by atoms with van der Waals surface area (Å²) in [6, 6.07) is 9.83. The van der Waals surface area contributed by atoms with Crippen LogP contribution in [0.2, 0.25) is 0 Å². The Morgan fingerprint density at radius 2 is 1.89 bits per heavy atom. The zero-order valence-corrected chi connectivity index (χ0v) is 21.1. The second kappa shape index (κ2) is 10.2. The van der Waals surface area contributed by atoms with Crippen LogP contribution < -0.4 is 9.47 Å². The van der Waals surface area contributed by atoms with Gasteiger partial charge in [0.15, 0.2) is 0 Å². The van der Waals surface area contributed by atoms with Gasteiger partial charge in [0, 0.05) is 30.2 Å². The highest BCUT2D eigenvalue weighted by Crippen LogP contribution is 2.35. The minimum Gasteiger partial charge on any atom is -0.494 e. The first-order valence-corrected chi connectivity index (χ1v) is 12.5. The summed E-state index contributed by atoms with van der Waals surface area (Å²) in [5.74, 6) is -0.553. The van der Waals surface area contributed by atoms with Crippen molar-refractivity contribution in [1.29, 1.82) is 0 Å². The fraction of sp³-hybridized carbons (Fsp3) is 0.222. The number of nitrogens with zero attached hydrogens (tertiary/aromatic N) is 4. The molecule has 9 nitrogen and oxygen atoms in total. The highest BCUT2D eigenvalue weighted by atomic mass is 32.1. The molecule has 10 heteroatoms. The van der Waals surface area contributed by atoms with Gasteiger partial charge in [0.1, 0.15) is 16.3 Å². The van der Waals surface area contributed by atoms with Gasteiger partial charge >= 0.3 is 0 Å². The number of carbonyl (C=O) groups excluding carboxylic acids is 2. The summed E-state index contributed by atoms with van der Waals surface area (Å²) in [5.41, 5.74) is 4.01.